The summed E-state index contributed by atoms with van der Waals surface area (Å²) in [5.41, 5.74) is 1.86. The highest BCUT2D eigenvalue weighted by Gasteiger charge is 2.29. The number of likely N-dealkylation sites (N-methyl/N-ethyl adjacent to an activating group) is 1. The van der Waals surface area contributed by atoms with E-state index in [0.29, 0.717) is 49.3 Å². The third kappa shape index (κ3) is 5.27. The highest BCUT2D eigenvalue weighted by molar-refractivity contribution is 6.00. The maximum atomic E-state index is 12.9. The van der Waals surface area contributed by atoms with Crippen molar-refractivity contribution < 1.29 is 19.1 Å². The molecule has 0 atom stereocenters. The fourth-order valence-corrected chi connectivity index (χ4v) is 4.06. The van der Waals surface area contributed by atoms with Crippen molar-refractivity contribution in [1.29, 1.82) is 5.26 Å². The van der Waals surface area contributed by atoms with Gasteiger partial charge in [0.05, 0.1) is 23.9 Å². The molecule has 0 unspecified atom stereocenters. The number of anilines is 3. The molecule has 2 aromatic heterocycles. The summed E-state index contributed by atoms with van der Waals surface area (Å²) in [7, 11) is 5.06. The normalized spacial score (nSPS) is 16.3. The van der Waals surface area contributed by atoms with Crippen LogP contribution in [-0.2, 0) is 16.1 Å². The van der Waals surface area contributed by atoms with Crippen LogP contribution < -0.4 is 15.1 Å². The van der Waals surface area contributed by atoms with Crippen LogP contribution in [0.2, 0.25) is 0 Å². The van der Waals surface area contributed by atoms with E-state index in [1.165, 1.54) is 18.1 Å². The largest absolute Gasteiger partial charge is 0.378 e. The Bertz CT molecular complexity index is 1210. The van der Waals surface area contributed by atoms with Crippen LogP contribution in [0.15, 0.2) is 24.4 Å². The fraction of sp³-hybridized carbons (Fsp3) is 0.417. The Balaban J connectivity index is 1.45. The van der Waals surface area contributed by atoms with Crippen molar-refractivity contribution in [1.82, 2.24) is 19.8 Å². The number of amides is 3. The molecule has 3 amide bonds. The van der Waals surface area contributed by atoms with Crippen LogP contribution in [0.4, 0.5) is 22.1 Å². The van der Waals surface area contributed by atoms with Gasteiger partial charge < -0.3 is 14.5 Å². The Morgan fingerprint density at radius 1 is 1.36 bits per heavy atom. The Kier molecular flexibility index (Phi) is 7.42. The van der Waals surface area contributed by atoms with Crippen LogP contribution in [0.25, 0.3) is 0 Å². The van der Waals surface area contributed by atoms with Crippen molar-refractivity contribution in [2.75, 3.05) is 69.0 Å². The molecule has 12 nitrogen and oxygen atoms in total. The van der Waals surface area contributed by atoms with Gasteiger partial charge in [0.15, 0.2) is 6.29 Å². The zero-order valence-corrected chi connectivity index (χ0v) is 20.5. The summed E-state index contributed by atoms with van der Waals surface area (Å²) < 4.78 is 5.30. The number of piperazine rings is 1. The number of nitrogens with one attached hydrogen (secondary N) is 1. The van der Waals surface area contributed by atoms with E-state index in [1.807, 2.05) is 16.8 Å². The zero-order chi connectivity index (χ0) is 25.8. The predicted molar refractivity (Wildman–Crippen MR) is 132 cm³/mol. The second-order valence-electron chi connectivity index (χ2n) is 8.84. The molecule has 4 rings (SSSR count). The fourth-order valence-electron chi connectivity index (χ4n) is 4.06. The average molecular weight is 493 g/mol. The van der Waals surface area contributed by atoms with Gasteiger partial charge in [0.2, 0.25) is 5.91 Å². The van der Waals surface area contributed by atoms with Crippen molar-refractivity contribution in [3.8, 4) is 6.07 Å². The van der Waals surface area contributed by atoms with Gasteiger partial charge in [-0.25, -0.2) is 14.8 Å². The summed E-state index contributed by atoms with van der Waals surface area (Å²) in [6.45, 7) is 3.23. The molecular weight excluding hydrogens is 464 g/mol. The lowest BCUT2D eigenvalue weighted by Gasteiger charge is -2.40. The van der Waals surface area contributed by atoms with E-state index in [2.05, 4.69) is 21.4 Å². The van der Waals surface area contributed by atoms with Crippen molar-refractivity contribution >= 4 is 35.5 Å². The molecule has 2 saturated heterocycles. The molecule has 0 aliphatic carbocycles. The number of methoxy groups -OCH3 is 1. The second kappa shape index (κ2) is 10.7. The number of hydrogen-bond acceptors (Lipinski definition) is 9. The molecule has 2 aliphatic heterocycles. The first-order valence-electron chi connectivity index (χ1n) is 11.5. The molecule has 0 radical (unpaired) electrons. The van der Waals surface area contributed by atoms with Crippen LogP contribution >= 0.6 is 0 Å². The average Bonchev–Trinajstić information content (AvgIpc) is 2.85. The molecule has 0 bridgehead atoms. The van der Waals surface area contributed by atoms with Gasteiger partial charge in [0, 0.05) is 64.7 Å². The topological polar surface area (TPSA) is 135 Å². The molecule has 2 aliphatic rings. The van der Waals surface area contributed by atoms with Crippen LogP contribution in [-0.4, -0.2) is 98.0 Å². The highest BCUT2D eigenvalue weighted by atomic mass is 16.5. The maximum absolute atomic E-state index is 12.9. The lowest BCUT2D eigenvalue weighted by atomic mass is 10.1. The molecule has 1 N–H and O–H groups in total. The lowest BCUT2D eigenvalue weighted by Crippen LogP contribution is -2.52. The molecular formula is C24H28N8O4. The number of carbonyl (C=O) groups excluding carboxylic acids is 3. The van der Waals surface area contributed by atoms with Gasteiger partial charge in [0.1, 0.15) is 23.4 Å². The van der Waals surface area contributed by atoms with Gasteiger partial charge in [0.25, 0.3) is 0 Å². The lowest BCUT2D eigenvalue weighted by molar-refractivity contribution is -0.136. The smallest absolute Gasteiger partial charge is 0.328 e. The van der Waals surface area contributed by atoms with Gasteiger partial charge in [-0.05, 0) is 13.1 Å². The Morgan fingerprint density at radius 3 is 2.81 bits per heavy atom. The first-order valence-corrected chi connectivity index (χ1v) is 11.5. The van der Waals surface area contributed by atoms with E-state index in [-0.39, 0.29) is 35.9 Å². The first-order chi connectivity index (χ1) is 17.3. The maximum Gasteiger partial charge on any atom is 0.328 e. The SMILES string of the molecule is COC1CN(c2cc(NC(=O)N(C)c3ccc(CN4CCN(C)CC4=O)c(C=O)n3)ncc2C#N)C1. The quantitative estimate of drug-likeness (QED) is 0.560. The van der Waals surface area contributed by atoms with E-state index in [0.717, 1.165) is 6.54 Å². The van der Waals surface area contributed by atoms with Crippen LogP contribution in [0.3, 0.4) is 0 Å². The molecule has 4 heterocycles. The molecule has 2 fully saturated rings. The summed E-state index contributed by atoms with van der Waals surface area (Å²) >= 11 is 0. The number of nitriles is 1. The van der Waals surface area contributed by atoms with Gasteiger partial charge in [-0.3, -0.25) is 24.7 Å². The summed E-state index contributed by atoms with van der Waals surface area (Å²) in [6, 6.07) is 6.59. The minimum Gasteiger partial charge on any atom is -0.378 e. The van der Waals surface area contributed by atoms with E-state index < -0.39 is 6.03 Å². The zero-order valence-electron chi connectivity index (χ0n) is 20.5. The Morgan fingerprint density at radius 2 is 2.14 bits per heavy atom. The molecule has 188 valence electrons. The summed E-state index contributed by atoms with van der Waals surface area (Å²) in [5.74, 6) is 0.538. The van der Waals surface area contributed by atoms with Gasteiger partial charge in [-0.2, -0.15) is 5.26 Å². The molecule has 0 saturated carbocycles. The van der Waals surface area contributed by atoms with E-state index in [9.17, 15) is 19.6 Å². The second-order valence-corrected chi connectivity index (χ2v) is 8.84. The Hall–Kier alpha value is -4.08. The molecule has 36 heavy (non-hydrogen) atoms. The summed E-state index contributed by atoms with van der Waals surface area (Å²) in [6.07, 6.45) is 2.15. The van der Waals surface area contributed by atoms with E-state index in [1.54, 1.807) is 30.2 Å². The molecule has 12 heteroatoms. The Labute approximate surface area is 209 Å². The van der Waals surface area contributed by atoms with Gasteiger partial charge in [-0.1, -0.05) is 6.07 Å². The number of aromatic nitrogens is 2. The van der Waals surface area contributed by atoms with Gasteiger partial charge in [-0.15, -0.1) is 0 Å². The standard InChI is InChI=1S/C24H28N8O4/c1-29-6-7-31(23(34)14-29)11-16-4-5-22(27-19(16)15-33)30(2)24(35)28-21-8-20(17(9-25)10-26-21)32-12-18(13-32)36-3/h4-5,8,10,15,18H,6-7,11-14H2,1-3H3,(H,26,28,35). The number of nitrogens with zero attached hydrogens (tertiary/aromatic N) is 7. The van der Waals surface area contributed by atoms with E-state index >= 15 is 0 Å². The van der Waals surface area contributed by atoms with Crippen LogP contribution in [0.1, 0.15) is 21.6 Å². The van der Waals surface area contributed by atoms with E-state index in [4.69, 9.17) is 4.74 Å². The van der Waals surface area contributed by atoms with Crippen molar-refractivity contribution in [2.45, 2.75) is 12.6 Å². The summed E-state index contributed by atoms with van der Waals surface area (Å²) in [4.78, 5) is 52.3. The number of aldehydes is 1. The van der Waals surface area contributed by atoms with Crippen molar-refractivity contribution in [3.63, 3.8) is 0 Å². The molecule has 0 aromatic carbocycles. The number of pyridine rings is 2. The number of carbonyl (C=O) groups is 3. The number of urea groups is 1. The third-order valence-electron chi connectivity index (χ3n) is 6.39. The number of ether oxygens (including phenoxy) is 1. The molecule has 0 spiro atoms. The predicted octanol–water partition coefficient (Wildman–Crippen LogP) is 0.938. The van der Waals surface area contributed by atoms with Crippen LogP contribution in [0.5, 0.6) is 0 Å². The minimum absolute atomic E-state index is 0.00794. The van der Waals surface area contributed by atoms with Gasteiger partial charge >= 0.3 is 6.03 Å². The summed E-state index contributed by atoms with van der Waals surface area (Å²) in [5, 5.41) is 12.1. The number of hydrogen-bond donors (Lipinski definition) is 1. The van der Waals surface area contributed by atoms with Crippen LogP contribution in [0, 0.1) is 11.3 Å². The van der Waals surface area contributed by atoms with Crippen molar-refractivity contribution in [2.24, 2.45) is 0 Å². The monoisotopic (exact) mass is 492 g/mol. The minimum atomic E-state index is -0.511. The highest BCUT2D eigenvalue weighted by Crippen LogP contribution is 2.28. The van der Waals surface area contributed by atoms with Crippen molar-refractivity contribution in [3.05, 3.63) is 41.2 Å². The number of rotatable bonds is 7. The third-order valence-corrected chi connectivity index (χ3v) is 6.39. The molecule has 2 aromatic rings. The first kappa shape index (κ1) is 25.0.